The molecule has 0 unspecified atom stereocenters. The molecule has 4 aromatic rings. The van der Waals surface area contributed by atoms with Crippen LogP contribution in [0.15, 0.2) is 47.1 Å². The van der Waals surface area contributed by atoms with E-state index in [1.165, 1.54) is 18.8 Å². The van der Waals surface area contributed by atoms with Crippen molar-refractivity contribution in [2.24, 2.45) is 0 Å². The zero-order chi connectivity index (χ0) is 24.3. The predicted molar refractivity (Wildman–Crippen MR) is 120 cm³/mol. The second kappa shape index (κ2) is 9.47. The van der Waals surface area contributed by atoms with Crippen LogP contribution in [0.5, 0.6) is 11.5 Å². The number of hydrogen-bond donors (Lipinski definition) is 1. The number of halogens is 1. The summed E-state index contributed by atoms with van der Waals surface area (Å²) < 4.78 is 59.4. The van der Waals surface area contributed by atoms with E-state index in [1.807, 2.05) is 0 Å². The minimum atomic E-state index is -3.94. The molecule has 0 aliphatic heterocycles. The van der Waals surface area contributed by atoms with Gasteiger partial charge in [0.15, 0.2) is 11.6 Å². The van der Waals surface area contributed by atoms with Crippen molar-refractivity contribution < 1.29 is 26.7 Å². The molecule has 0 saturated heterocycles. The average Bonchev–Trinajstić information content (AvgIpc) is 3.43. The summed E-state index contributed by atoms with van der Waals surface area (Å²) in [5.74, 6) is 1.12. The molecule has 3 aromatic heterocycles. The summed E-state index contributed by atoms with van der Waals surface area (Å²) in [7, 11) is -0.979. The van der Waals surface area contributed by atoms with E-state index >= 15 is 0 Å². The second-order valence-electron chi connectivity index (χ2n) is 7.09. The van der Waals surface area contributed by atoms with Crippen LogP contribution in [0.4, 0.5) is 10.3 Å². The molecular formula is C21H21FN6O5S. The molecule has 13 heteroatoms. The summed E-state index contributed by atoms with van der Waals surface area (Å²) in [5, 5.41) is 8.21. The predicted octanol–water partition coefficient (Wildman–Crippen LogP) is 2.77. The summed E-state index contributed by atoms with van der Waals surface area (Å²) in [6.07, 6.45) is 1.92. The summed E-state index contributed by atoms with van der Waals surface area (Å²) in [4.78, 5) is 7.58. The number of benzene rings is 1. The average molecular weight is 489 g/mol. The van der Waals surface area contributed by atoms with Gasteiger partial charge in [0.2, 0.25) is 21.8 Å². The Bertz CT molecular complexity index is 1380. The largest absolute Gasteiger partial charge is 0.494 e. The van der Waals surface area contributed by atoms with Gasteiger partial charge in [-0.15, -0.1) is 10.2 Å². The molecule has 11 nitrogen and oxygen atoms in total. The van der Waals surface area contributed by atoms with Crippen LogP contribution in [0.2, 0.25) is 0 Å². The minimum Gasteiger partial charge on any atom is -0.494 e. The Morgan fingerprint density at radius 3 is 2.32 bits per heavy atom. The summed E-state index contributed by atoms with van der Waals surface area (Å²) in [6, 6.07) is 8.56. The first-order chi connectivity index (χ1) is 16.3. The van der Waals surface area contributed by atoms with Gasteiger partial charge in [0.1, 0.15) is 28.8 Å². The van der Waals surface area contributed by atoms with E-state index in [1.54, 1.807) is 37.3 Å². The van der Waals surface area contributed by atoms with E-state index in [0.29, 0.717) is 28.7 Å². The highest BCUT2D eigenvalue weighted by molar-refractivity contribution is 7.92. The fraction of sp³-hybridized carbons (Fsp3) is 0.238. The molecule has 0 amide bonds. The Hall–Kier alpha value is -4.00. The maximum atomic E-state index is 13.0. The van der Waals surface area contributed by atoms with Crippen molar-refractivity contribution in [2.75, 3.05) is 24.7 Å². The zero-order valence-corrected chi connectivity index (χ0v) is 19.3. The number of nitrogens with zero attached hydrogens (tertiary/aromatic N) is 5. The molecule has 0 atom stereocenters. The fourth-order valence-corrected chi connectivity index (χ4v) is 4.18. The van der Waals surface area contributed by atoms with Gasteiger partial charge in [-0.25, -0.2) is 22.8 Å². The minimum absolute atomic E-state index is 0.0357. The molecule has 34 heavy (non-hydrogen) atoms. The number of sulfonamides is 1. The Morgan fingerprint density at radius 1 is 1.06 bits per heavy atom. The first kappa shape index (κ1) is 23.2. The third-order valence-corrected chi connectivity index (χ3v) is 6.00. The van der Waals surface area contributed by atoms with Gasteiger partial charge >= 0.3 is 0 Å². The van der Waals surface area contributed by atoms with E-state index in [2.05, 4.69) is 24.9 Å². The summed E-state index contributed by atoms with van der Waals surface area (Å²) >= 11 is 0. The van der Waals surface area contributed by atoms with Gasteiger partial charge in [-0.05, 0) is 31.2 Å². The Kier molecular flexibility index (Phi) is 6.45. The van der Waals surface area contributed by atoms with Crippen LogP contribution in [-0.2, 0) is 16.4 Å². The number of methoxy groups -OCH3 is 2. The van der Waals surface area contributed by atoms with Crippen molar-refractivity contribution in [1.82, 2.24) is 24.7 Å². The Labute approximate surface area is 194 Å². The SMILES string of the molecule is COc1cccc(OC)c1-n1c(NS(=O)(=O)CCc2ncc(F)cn2)nnc1-c1ccc(C)o1. The number of anilines is 1. The number of rotatable bonds is 9. The van der Waals surface area contributed by atoms with Gasteiger partial charge in [0, 0.05) is 6.42 Å². The fourth-order valence-electron chi connectivity index (χ4n) is 3.21. The van der Waals surface area contributed by atoms with Gasteiger partial charge in [-0.1, -0.05) is 6.07 Å². The lowest BCUT2D eigenvalue weighted by molar-refractivity contribution is 0.391. The molecule has 178 valence electrons. The van der Waals surface area contributed by atoms with Gasteiger partial charge in [0.25, 0.3) is 0 Å². The lowest BCUT2D eigenvalue weighted by Gasteiger charge is -2.17. The third kappa shape index (κ3) is 4.83. The first-order valence-corrected chi connectivity index (χ1v) is 11.7. The van der Waals surface area contributed by atoms with Crippen LogP contribution in [0.1, 0.15) is 11.6 Å². The van der Waals surface area contributed by atoms with Crippen LogP contribution < -0.4 is 14.2 Å². The summed E-state index contributed by atoms with van der Waals surface area (Å²) in [6.45, 7) is 1.77. The van der Waals surface area contributed by atoms with Crippen LogP contribution in [0.3, 0.4) is 0 Å². The maximum absolute atomic E-state index is 13.0. The summed E-state index contributed by atoms with van der Waals surface area (Å²) in [5.41, 5.74) is 0.376. The van der Waals surface area contributed by atoms with Crippen LogP contribution in [0.25, 0.3) is 17.3 Å². The highest BCUT2D eigenvalue weighted by Gasteiger charge is 2.26. The van der Waals surface area contributed by atoms with E-state index in [4.69, 9.17) is 13.9 Å². The highest BCUT2D eigenvalue weighted by Crippen LogP contribution is 2.38. The topological polar surface area (TPSA) is 134 Å². The number of para-hydroxylation sites is 1. The normalized spacial score (nSPS) is 11.4. The van der Waals surface area contributed by atoms with Gasteiger partial charge in [-0.2, -0.15) is 0 Å². The maximum Gasteiger partial charge on any atom is 0.243 e. The zero-order valence-electron chi connectivity index (χ0n) is 18.5. The first-order valence-electron chi connectivity index (χ1n) is 10.0. The van der Waals surface area contributed by atoms with Crippen molar-refractivity contribution in [3.63, 3.8) is 0 Å². The van der Waals surface area contributed by atoms with Crippen molar-refractivity contribution >= 4 is 16.0 Å². The van der Waals surface area contributed by atoms with Crippen molar-refractivity contribution in [3.05, 3.63) is 60.1 Å². The lowest BCUT2D eigenvalue weighted by atomic mass is 10.2. The molecular weight excluding hydrogens is 467 g/mol. The number of aryl methyl sites for hydroxylation is 2. The molecule has 4 rings (SSSR count). The van der Waals surface area contributed by atoms with Crippen LogP contribution in [-0.4, -0.2) is 53.1 Å². The molecule has 1 aromatic carbocycles. The third-order valence-electron chi connectivity index (χ3n) is 4.76. The Balaban J connectivity index is 1.75. The molecule has 0 aliphatic carbocycles. The highest BCUT2D eigenvalue weighted by atomic mass is 32.2. The lowest BCUT2D eigenvalue weighted by Crippen LogP contribution is -2.21. The second-order valence-corrected chi connectivity index (χ2v) is 8.93. The molecule has 1 N–H and O–H groups in total. The molecule has 0 saturated carbocycles. The molecule has 0 spiro atoms. The number of ether oxygens (including phenoxy) is 2. The number of nitrogens with one attached hydrogen (secondary N) is 1. The molecule has 3 heterocycles. The standard InChI is InChI=1S/C21H21FN6O5S/c1-13-7-8-17(33-13)20-25-26-21(28(20)19-15(31-2)5-4-6-16(19)32-3)27-34(29,30)10-9-18-23-11-14(22)12-24-18/h4-8,11-12H,9-10H2,1-3H3,(H,26,27). The van der Waals surface area contributed by atoms with Crippen molar-refractivity contribution in [2.45, 2.75) is 13.3 Å². The van der Waals surface area contributed by atoms with Gasteiger partial charge < -0.3 is 13.9 Å². The van der Waals surface area contributed by atoms with Crippen molar-refractivity contribution in [1.29, 1.82) is 0 Å². The van der Waals surface area contributed by atoms with Crippen LogP contribution >= 0.6 is 0 Å². The number of furan rings is 1. The Morgan fingerprint density at radius 2 is 1.74 bits per heavy atom. The van der Waals surface area contributed by atoms with E-state index in [0.717, 1.165) is 12.4 Å². The number of aromatic nitrogens is 5. The molecule has 0 radical (unpaired) electrons. The van der Waals surface area contributed by atoms with E-state index < -0.39 is 15.8 Å². The van der Waals surface area contributed by atoms with Crippen molar-refractivity contribution in [3.8, 4) is 28.8 Å². The van der Waals surface area contributed by atoms with E-state index in [-0.39, 0.29) is 29.8 Å². The van der Waals surface area contributed by atoms with Gasteiger partial charge in [-0.3, -0.25) is 9.29 Å². The quantitative estimate of drug-likeness (QED) is 0.377. The monoisotopic (exact) mass is 488 g/mol. The van der Waals surface area contributed by atoms with Gasteiger partial charge in [0.05, 0.1) is 32.4 Å². The number of hydrogen-bond acceptors (Lipinski definition) is 9. The molecule has 0 bridgehead atoms. The molecule has 0 fully saturated rings. The molecule has 0 aliphatic rings. The smallest absolute Gasteiger partial charge is 0.243 e. The van der Waals surface area contributed by atoms with Crippen LogP contribution in [0, 0.1) is 12.7 Å². The van der Waals surface area contributed by atoms with E-state index in [9.17, 15) is 12.8 Å².